The Balaban J connectivity index is 2.40. The molecule has 1 aliphatic rings. The number of urea groups is 1. The smallest absolute Gasteiger partial charge is 0.317 e. The molecule has 0 bridgehead atoms. The van der Waals surface area contributed by atoms with Crippen LogP contribution >= 0.6 is 0 Å². The maximum Gasteiger partial charge on any atom is 0.317 e. The molecule has 0 spiro atoms. The third-order valence-corrected chi connectivity index (χ3v) is 2.89. The van der Waals surface area contributed by atoms with Crippen LogP contribution in [-0.4, -0.2) is 54.7 Å². The Hall–Kier alpha value is -1.30. The van der Waals surface area contributed by atoms with Gasteiger partial charge in [-0.05, 0) is 26.8 Å². The van der Waals surface area contributed by atoms with Gasteiger partial charge in [0.25, 0.3) is 0 Å². The Morgan fingerprint density at radius 1 is 1.35 bits per heavy atom. The van der Waals surface area contributed by atoms with Crippen LogP contribution in [0.15, 0.2) is 0 Å². The predicted octanol–water partition coefficient (Wildman–Crippen LogP) is 0.102. The largest absolute Gasteiger partial charge is 0.481 e. The van der Waals surface area contributed by atoms with Crippen LogP contribution in [0.2, 0.25) is 0 Å². The molecular formula is C11H21N3O3. The van der Waals surface area contributed by atoms with E-state index in [9.17, 15) is 9.59 Å². The second-order valence-corrected chi connectivity index (χ2v) is 4.94. The lowest BCUT2D eigenvalue weighted by molar-refractivity contribution is -0.146. The summed E-state index contributed by atoms with van der Waals surface area (Å²) < 4.78 is 0. The summed E-state index contributed by atoms with van der Waals surface area (Å²) in [6.45, 7) is 6.43. The number of carbonyl (C=O) groups excluding carboxylic acids is 1. The number of nitrogens with one attached hydrogen (secondary N) is 2. The molecule has 0 aromatic rings. The molecule has 98 valence electrons. The molecule has 1 aliphatic heterocycles. The molecule has 1 saturated heterocycles. The molecule has 0 aromatic heterocycles. The van der Waals surface area contributed by atoms with E-state index >= 15 is 0 Å². The molecule has 0 atom stereocenters. The Kier molecular flexibility index (Phi) is 4.74. The zero-order valence-electron chi connectivity index (χ0n) is 10.5. The zero-order valence-corrected chi connectivity index (χ0v) is 10.5. The van der Waals surface area contributed by atoms with Crippen molar-refractivity contribution in [2.24, 2.45) is 5.41 Å². The van der Waals surface area contributed by atoms with E-state index in [0.717, 1.165) is 19.5 Å². The number of hydrogen-bond donors (Lipinski definition) is 3. The van der Waals surface area contributed by atoms with Gasteiger partial charge in [-0.25, -0.2) is 4.79 Å². The zero-order chi connectivity index (χ0) is 12.9. The van der Waals surface area contributed by atoms with Crippen molar-refractivity contribution in [2.75, 3.05) is 32.7 Å². The number of hydrogen-bond acceptors (Lipinski definition) is 3. The van der Waals surface area contributed by atoms with E-state index in [2.05, 4.69) is 10.6 Å². The highest BCUT2D eigenvalue weighted by atomic mass is 16.4. The summed E-state index contributed by atoms with van der Waals surface area (Å²) in [5, 5.41) is 14.8. The van der Waals surface area contributed by atoms with Crippen molar-refractivity contribution >= 4 is 12.0 Å². The van der Waals surface area contributed by atoms with Gasteiger partial charge in [0.1, 0.15) is 0 Å². The van der Waals surface area contributed by atoms with Crippen LogP contribution in [0.1, 0.15) is 20.3 Å². The second kappa shape index (κ2) is 5.86. The minimum absolute atomic E-state index is 0.144. The van der Waals surface area contributed by atoms with Gasteiger partial charge in [-0.1, -0.05) is 0 Å². The molecular weight excluding hydrogens is 222 g/mol. The van der Waals surface area contributed by atoms with Crippen molar-refractivity contribution in [1.29, 1.82) is 0 Å². The average molecular weight is 243 g/mol. The average Bonchev–Trinajstić information content (AvgIpc) is 2.54. The third kappa shape index (κ3) is 4.22. The molecule has 1 rings (SSSR count). The van der Waals surface area contributed by atoms with Crippen LogP contribution < -0.4 is 10.6 Å². The van der Waals surface area contributed by atoms with Gasteiger partial charge >= 0.3 is 12.0 Å². The molecule has 0 radical (unpaired) electrons. The monoisotopic (exact) mass is 243 g/mol. The Morgan fingerprint density at radius 2 is 2.06 bits per heavy atom. The van der Waals surface area contributed by atoms with Crippen LogP contribution in [-0.2, 0) is 4.79 Å². The Labute approximate surface area is 101 Å². The number of rotatable bonds is 3. The molecule has 2 amide bonds. The molecule has 0 unspecified atom stereocenters. The number of nitrogens with zero attached hydrogens (tertiary/aromatic N) is 1. The number of aliphatic carboxylic acids is 1. The van der Waals surface area contributed by atoms with Gasteiger partial charge in [0.05, 0.1) is 5.41 Å². The molecule has 17 heavy (non-hydrogen) atoms. The SMILES string of the molecule is CC(C)(CNC(=O)N1CCCNCC1)C(=O)O. The van der Waals surface area contributed by atoms with Crippen LogP contribution in [0.25, 0.3) is 0 Å². The summed E-state index contributed by atoms with van der Waals surface area (Å²) in [7, 11) is 0. The first-order valence-electron chi connectivity index (χ1n) is 5.90. The quantitative estimate of drug-likeness (QED) is 0.656. The van der Waals surface area contributed by atoms with E-state index in [1.165, 1.54) is 0 Å². The highest BCUT2D eigenvalue weighted by Gasteiger charge is 2.28. The molecule has 0 aliphatic carbocycles. The van der Waals surface area contributed by atoms with Crippen molar-refractivity contribution in [1.82, 2.24) is 15.5 Å². The summed E-state index contributed by atoms with van der Waals surface area (Å²) in [6, 6.07) is -0.178. The van der Waals surface area contributed by atoms with Crippen molar-refractivity contribution in [2.45, 2.75) is 20.3 Å². The highest BCUT2D eigenvalue weighted by molar-refractivity contribution is 5.77. The molecule has 6 nitrogen and oxygen atoms in total. The van der Waals surface area contributed by atoms with Gasteiger partial charge in [-0.15, -0.1) is 0 Å². The molecule has 0 saturated carbocycles. The fourth-order valence-electron chi connectivity index (χ4n) is 1.53. The van der Waals surface area contributed by atoms with Crippen molar-refractivity contribution in [3.05, 3.63) is 0 Å². The van der Waals surface area contributed by atoms with Gasteiger partial charge in [-0.3, -0.25) is 4.79 Å². The molecule has 3 N–H and O–H groups in total. The number of carboxylic acids is 1. The van der Waals surface area contributed by atoms with E-state index in [0.29, 0.717) is 13.1 Å². The number of carboxylic acid groups (broad SMARTS) is 1. The first kappa shape index (κ1) is 13.8. The maximum atomic E-state index is 11.8. The number of amides is 2. The predicted molar refractivity (Wildman–Crippen MR) is 63.9 cm³/mol. The van der Waals surface area contributed by atoms with E-state index in [1.54, 1.807) is 18.7 Å². The second-order valence-electron chi connectivity index (χ2n) is 4.94. The van der Waals surface area contributed by atoms with Gasteiger partial charge in [0.2, 0.25) is 0 Å². The summed E-state index contributed by atoms with van der Waals surface area (Å²) in [5.41, 5.74) is -0.931. The first-order valence-corrected chi connectivity index (χ1v) is 5.90. The number of carbonyl (C=O) groups is 2. The van der Waals surface area contributed by atoms with Gasteiger partial charge < -0.3 is 20.6 Å². The Bertz CT molecular complexity index is 284. The Morgan fingerprint density at radius 3 is 2.71 bits per heavy atom. The van der Waals surface area contributed by atoms with Gasteiger partial charge in [0, 0.05) is 26.2 Å². The molecule has 1 heterocycles. The van der Waals surface area contributed by atoms with Crippen LogP contribution in [0, 0.1) is 5.41 Å². The van der Waals surface area contributed by atoms with Crippen molar-refractivity contribution in [3.63, 3.8) is 0 Å². The maximum absolute atomic E-state index is 11.8. The lowest BCUT2D eigenvalue weighted by atomic mass is 9.94. The van der Waals surface area contributed by atoms with E-state index < -0.39 is 11.4 Å². The fraction of sp³-hybridized carbons (Fsp3) is 0.818. The fourth-order valence-corrected chi connectivity index (χ4v) is 1.53. The van der Waals surface area contributed by atoms with Crippen molar-refractivity contribution in [3.8, 4) is 0 Å². The van der Waals surface area contributed by atoms with Gasteiger partial charge in [-0.2, -0.15) is 0 Å². The summed E-state index contributed by atoms with van der Waals surface area (Å²) in [4.78, 5) is 24.4. The summed E-state index contributed by atoms with van der Waals surface area (Å²) in [5.74, 6) is -0.907. The summed E-state index contributed by atoms with van der Waals surface area (Å²) in [6.07, 6.45) is 0.926. The molecule has 0 aromatic carbocycles. The highest BCUT2D eigenvalue weighted by Crippen LogP contribution is 2.13. The minimum atomic E-state index is -0.931. The van der Waals surface area contributed by atoms with Crippen LogP contribution in [0.3, 0.4) is 0 Å². The lowest BCUT2D eigenvalue weighted by Crippen LogP contribution is -2.46. The molecule has 1 fully saturated rings. The molecule has 6 heteroatoms. The van der Waals surface area contributed by atoms with Crippen LogP contribution in [0.4, 0.5) is 4.79 Å². The van der Waals surface area contributed by atoms with E-state index in [-0.39, 0.29) is 12.6 Å². The lowest BCUT2D eigenvalue weighted by Gasteiger charge is -2.24. The topological polar surface area (TPSA) is 81.7 Å². The van der Waals surface area contributed by atoms with E-state index in [4.69, 9.17) is 5.11 Å². The first-order chi connectivity index (χ1) is 7.93. The summed E-state index contributed by atoms with van der Waals surface area (Å²) >= 11 is 0. The normalized spacial score (nSPS) is 17.4. The van der Waals surface area contributed by atoms with E-state index in [1.807, 2.05) is 0 Å². The van der Waals surface area contributed by atoms with Gasteiger partial charge in [0.15, 0.2) is 0 Å². The van der Waals surface area contributed by atoms with Crippen molar-refractivity contribution < 1.29 is 14.7 Å². The van der Waals surface area contributed by atoms with Crippen LogP contribution in [0.5, 0.6) is 0 Å². The standard InChI is InChI=1S/C11H21N3O3/c1-11(2,9(15)16)8-13-10(17)14-6-3-4-12-5-7-14/h12H,3-8H2,1-2H3,(H,13,17)(H,15,16). The third-order valence-electron chi connectivity index (χ3n) is 2.89. The minimum Gasteiger partial charge on any atom is -0.481 e.